The van der Waals surface area contributed by atoms with Crippen LogP contribution in [0.1, 0.15) is 5.56 Å². The number of carbonyl (C=O) groups is 1. The van der Waals surface area contributed by atoms with Gasteiger partial charge in [0.15, 0.2) is 11.0 Å². The molecule has 6 nitrogen and oxygen atoms in total. The lowest BCUT2D eigenvalue weighted by atomic mass is 10.2. The van der Waals surface area contributed by atoms with Crippen LogP contribution in [0, 0.1) is 5.82 Å². The van der Waals surface area contributed by atoms with Crippen LogP contribution in [0.4, 0.5) is 4.39 Å². The molecule has 1 aromatic heterocycles. The standard InChI is InChI=1S/C18H15BrFN5OS/c1-25-17(12-6-4-7-14(19)9-12)23-24-18(25)27-11-16(26)22-21-10-13-5-2-3-8-15(13)20/h2-10H,11H2,1H3,(H,22,26)/b21-10+. The van der Waals surface area contributed by atoms with Crippen LogP contribution in [0.2, 0.25) is 0 Å². The second kappa shape index (κ2) is 8.92. The van der Waals surface area contributed by atoms with Crippen molar-refractivity contribution >= 4 is 39.8 Å². The van der Waals surface area contributed by atoms with Gasteiger partial charge in [-0.25, -0.2) is 9.82 Å². The Morgan fingerprint density at radius 2 is 2.11 bits per heavy atom. The van der Waals surface area contributed by atoms with E-state index in [1.807, 2.05) is 35.9 Å². The van der Waals surface area contributed by atoms with Crippen LogP contribution in [0.15, 0.2) is 63.3 Å². The van der Waals surface area contributed by atoms with Crippen molar-refractivity contribution in [1.82, 2.24) is 20.2 Å². The van der Waals surface area contributed by atoms with E-state index < -0.39 is 5.82 Å². The van der Waals surface area contributed by atoms with Crippen molar-refractivity contribution in [3.05, 3.63) is 64.4 Å². The molecule has 0 unspecified atom stereocenters. The fraction of sp³-hybridized carbons (Fsp3) is 0.111. The Labute approximate surface area is 168 Å². The number of nitrogens with zero attached hydrogens (tertiary/aromatic N) is 4. The Hall–Kier alpha value is -2.52. The van der Waals surface area contributed by atoms with Crippen LogP contribution in [0.3, 0.4) is 0 Å². The molecule has 1 N–H and O–H groups in total. The minimum absolute atomic E-state index is 0.110. The van der Waals surface area contributed by atoms with Gasteiger partial charge in [0.05, 0.1) is 12.0 Å². The van der Waals surface area contributed by atoms with Crippen LogP contribution in [0.25, 0.3) is 11.4 Å². The average Bonchev–Trinajstić information content (AvgIpc) is 3.02. The maximum Gasteiger partial charge on any atom is 0.250 e. The highest BCUT2D eigenvalue weighted by Gasteiger charge is 2.13. The number of thioether (sulfide) groups is 1. The molecule has 1 amide bonds. The van der Waals surface area contributed by atoms with E-state index in [1.165, 1.54) is 24.0 Å². The number of hydrazone groups is 1. The first-order chi connectivity index (χ1) is 13.0. The first kappa shape index (κ1) is 19.2. The lowest BCUT2D eigenvalue weighted by molar-refractivity contribution is -0.118. The van der Waals surface area contributed by atoms with Crippen molar-refractivity contribution < 1.29 is 9.18 Å². The zero-order valence-corrected chi connectivity index (χ0v) is 16.7. The Balaban J connectivity index is 1.57. The first-order valence-corrected chi connectivity index (χ1v) is 9.67. The van der Waals surface area contributed by atoms with Gasteiger partial charge >= 0.3 is 0 Å². The van der Waals surface area contributed by atoms with E-state index >= 15 is 0 Å². The number of carbonyl (C=O) groups excluding carboxylic acids is 1. The fourth-order valence-corrected chi connectivity index (χ4v) is 3.34. The summed E-state index contributed by atoms with van der Waals surface area (Å²) in [5.41, 5.74) is 3.60. The highest BCUT2D eigenvalue weighted by Crippen LogP contribution is 2.24. The summed E-state index contributed by atoms with van der Waals surface area (Å²) in [6.07, 6.45) is 1.27. The molecular weight excluding hydrogens is 433 g/mol. The Kier molecular flexibility index (Phi) is 6.36. The third-order valence-corrected chi connectivity index (χ3v) is 5.06. The second-order valence-corrected chi connectivity index (χ2v) is 7.34. The molecule has 0 bridgehead atoms. The minimum Gasteiger partial charge on any atom is -0.305 e. The zero-order valence-electron chi connectivity index (χ0n) is 14.3. The summed E-state index contributed by atoms with van der Waals surface area (Å²) in [6, 6.07) is 13.9. The molecule has 9 heteroatoms. The third kappa shape index (κ3) is 5.01. The van der Waals surface area contributed by atoms with E-state index in [1.54, 1.807) is 18.2 Å². The molecule has 0 spiro atoms. The molecule has 3 aromatic rings. The molecule has 0 aliphatic carbocycles. The lowest BCUT2D eigenvalue weighted by Crippen LogP contribution is -2.20. The van der Waals surface area contributed by atoms with Gasteiger partial charge in [-0.15, -0.1) is 10.2 Å². The molecule has 0 radical (unpaired) electrons. The monoisotopic (exact) mass is 447 g/mol. The van der Waals surface area contributed by atoms with Crippen molar-refractivity contribution in [2.75, 3.05) is 5.75 Å². The van der Waals surface area contributed by atoms with Crippen molar-refractivity contribution in [2.24, 2.45) is 12.1 Å². The van der Waals surface area contributed by atoms with Crippen molar-refractivity contribution in [2.45, 2.75) is 5.16 Å². The van der Waals surface area contributed by atoms with Gasteiger partial charge in [0.2, 0.25) is 0 Å². The summed E-state index contributed by atoms with van der Waals surface area (Å²) in [4.78, 5) is 11.9. The normalized spacial score (nSPS) is 11.1. The average molecular weight is 448 g/mol. The van der Waals surface area contributed by atoms with Gasteiger partial charge in [-0.2, -0.15) is 5.10 Å². The van der Waals surface area contributed by atoms with E-state index in [-0.39, 0.29) is 11.7 Å². The minimum atomic E-state index is -0.399. The zero-order chi connectivity index (χ0) is 19.2. The molecule has 0 fully saturated rings. The first-order valence-electron chi connectivity index (χ1n) is 7.89. The molecule has 1 heterocycles. The van der Waals surface area contributed by atoms with Gasteiger partial charge in [-0.05, 0) is 18.2 Å². The second-order valence-electron chi connectivity index (χ2n) is 5.48. The van der Waals surface area contributed by atoms with Gasteiger partial charge in [0.25, 0.3) is 5.91 Å². The molecule has 138 valence electrons. The molecule has 0 aliphatic heterocycles. The van der Waals surface area contributed by atoms with Crippen molar-refractivity contribution in [3.8, 4) is 11.4 Å². The molecule has 27 heavy (non-hydrogen) atoms. The topological polar surface area (TPSA) is 72.2 Å². The number of benzene rings is 2. The summed E-state index contributed by atoms with van der Waals surface area (Å²) in [5.74, 6) is 0.0967. The molecule has 0 aliphatic rings. The highest BCUT2D eigenvalue weighted by molar-refractivity contribution is 9.10. The van der Waals surface area contributed by atoms with Crippen LogP contribution >= 0.6 is 27.7 Å². The molecule has 0 saturated heterocycles. The SMILES string of the molecule is Cn1c(SCC(=O)N/N=C/c2ccccc2F)nnc1-c1cccc(Br)c1. The molecule has 2 aromatic carbocycles. The van der Waals surface area contributed by atoms with Gasteiger partial charge in [0, 0.05) is 22.6 Å². The van der Waals surface area contributed by atoms with Crippen molar-refractivity contribution in [1.29, 1.82) is 0 Å². The van der Waals surface area contributed by atoms with E-state index in [9.17, 15) is 9.18 Å². The van der Waals surface area contributed by atoms with Gasteiger partial charge in [-0.3, -0.25) is 4.79 Å². The number of rotatable bonds is 6. The Bertz CT molecular complexity index is 991. The number of amides is 1. The van der Waals surface area contributed by atoms with E-state index in [4.69, 9.17) is 0 Å². The summed E-state index contributed by atoms with van der Waals surface area (Å²) < 4.78 is 16.2. The van der Waals surface area contributed by atoms with Crippen LogP contribution in [-0.2, 0) is 11.8 Å². The number of hydrogen-bond acceptors (Lipinski definition) is 5. The summed E-state index contributed by atoms with van der Waals surface area (Å²) in [6.45, 7) is 0. The smallest absolute Gasteiger partial charge is 0.250 e. The molecule has 3 rings (SSSR count). The van der Waals surface area contributed by atoms with Crippen LogP contribution in [-0.4, -0.2) is 32.6 Å². The number of hydrogen-bond donors (Lipinski definition) is 1. The maximum atomic E-state index is 13.5. The predicted octanol–water partition coefficient (Wildman–Crippen LogP) is 3.63. The Morgan fingerprint density at radius 3 is 2.89 bits per heavy atom. The largest absolute Gasteiger partial charge is 0.305 e. The number of halogens is 2. The molecule has 0 saturated carbocycles. The number of aromatic nitrogens is 3. The third-order valence-electron chi connectivity index (χ3n) is 3.55. The molecule has 0 atom stereocenters. The summed E-state index contributed by atoms with van der Waals surface area (Å²) in [7, 11) is 1.84. The van der Waals surface area contributed by atoms with Gasteiger partial charge < -0.3 is 4.57 Å². The lowest BCUT2D eigenvalue weighted by Gasteiger charge is -2.04. The van der Waals surface area contributed by atoms with Crippen LogP contribution in [0.5, 0.6) is 0 Å². The predicted molar refractivity (Wildman–Crippen MR) is 107 cm³/mol. The summed E-state index contributed by atoms with van der Waals surface area (Å²) >= 11 is 4.68. The number of nitrogens with one attached hydrogen (secondary N) is 1. The maximum absolute atomic E-state index is 13.5. The van der Waals surface area contributed by atoms with Crippen molar-refractivity contribution in [3.63, 3.8) is 0 Å². The molecular formula is C18H15BrFN5OS. The van der Waals surface area contributed by atoms with E-state index in [0.29, 0.717) is 16.5 Å². The van der Waals surface area contributed by atoms with E-state index in [0.717, 1.165) is 10.0 Å². The van der Waals surface area contributed by atoms with Gasteiger partial charge in [0.1, 0.15) is 5.82 Å². The van der Waals surface area contributed by atoms with Crippen LogP contribution < -0.4 is 5.43 Å². The van der Waals surface area contributed by atoms with E-state index in [2.05, 4.69) is 36.7 Å². The van der Waals surface area contributed by atoms with Gasteiger partial charge in [-0.1, -0.05) is 58.0 Å². The Morgan fingerprint density at radius 1 is 1.30 bits per heavy atom. The quantitative estimate of drug-likeness (QED) is 0.355. The highest BCUT2D eigenvalue weighted by atomic mass is 79.9. The summed E-state index contributed by atoms with van der Waals surface area (Å²) in [5, 5.41) is 12.7. The fourth-order valence-electron chi connectivity index (χ4n) is 2.24.